The second-order valence-corrected chi connectivity index (χ2v) is 5.99. The zero-order valence-corrected chi connectivity index (χ0v) is 12.0. The molecule has 0 saturated heterocycles. The quantitative estimate of drug-likeness (QED) is 0.891. The van der Waals surface area contributed by atoms with Crippen LogP contribution in [0.5, 0.6) is 0 Å². The minimum absolute atomic E-state index is 0.561. The Morgan fingerprint density at radius 2 is 2.22 bits per heavy atom. The van der Waals surface area contributed by atoms with Gasteiger partial charge in [0, 0.05) is 24.9 Å². The number of rotatable bonds is 4. The molecule has 0 aromatic carbocycles. The average Bonchev–Trinajstić information content (AvgIpc) is 2.85. The summed E-state index contributed by atoms with van der Waals surface area (Å²) in [5, 5.41) is 0. The van der Waals surface area contributed by atoms with E-state index in [0.717, 1.165) is 24.9 Å². The minimum atomic E-state index is 0.561. The smallest absolute Gasteiger partial charge is 0.112 e. The summed E-state index contributed by atoms with van der Waals surface area (Å²) in [5.74, 6) is 4.05. The van der Waals surface area contributed by atoms with E-state index in [1.807, 2.05) is 6.20 Å². The van der Waals surface area contributed by atoms with Crippen LogP contribution in [0.2, 0.25) is 0 Å². The van der Waals surface area contributed by atoms with Gasteiger partial charge in [-0.2, -0.15) is 0 Å². The molecule has 1 aliphatic carbocycles. The number of nitrogens with zero attached hydrogens (tertiary/aromatic N) is 2. The zero-order chi connectivity index (χ0) is 13.1. The molecule has 3 unspecified atom stereocenters. The molecule has 0 amide bonds. The third-order valence-electron chi connectivity index (χ3n) is 4.70. The molecule has 1 aromatic heterocycles. The lowest BCUT2D eigenvalue weighted by atomic mass is 9.70. The van der Waals surface area contributed by atoms with Crippen LogP contribution in [0, 0.1) is 17.8 Å². The zero-order valence-electron chi connectivity index (χ0n) is 12.0. The highest BCUT2D eigenvalue weighted by Gasteiger charge is 2.34. The predicted octanol–water partition coefficient (Wildman–Crippen LogP) is 3.02. The highest BCUT2D eigenvalue weighted by atomic mass is 15.1. The SMILES string of the molecule is CCn1ccnc1C1CC(C(C)C)CCC1CN. The van der Waals surface area contributed by atoms with E-state index in [0.29, 0.717) is 11.8 Å². The first-order valence-corrected chi connectivity index (χ1v) is 7.38. The van der Waals surface area contributed by atoms with Crippen LogP contribution < -0.4 is 5.73 Å². The molecule has 3 nitrogen and oxygen atoms in total. The number of aryl methyl sites for hydroxylation is 1. The van der Waals surface area contributed by atoms with Gasteiger partial charge in [-0.3, -0.25) is 0 Å². The molecule has 2 N–H and O–H groups in total. The van der Waals surface area contributed by atoms with Gasteiger partial charge in [0.05, 0.1) is 0 Å². The van der Waals surface area contributed by atoms with Gasteiger partial charge in [-0.25, -0.2) is 4.98 Å². The molecule has 0 radical (unpaired) electrons. The van der Waals surface area contributed by atoms with Crippen LogP contribution in [0.15, 0.2) is 12.4 Å². The predicted molar refractivity (Wildman–Crippen MR) is 75.4 cm³/mol. The Kier molecular flexibility index (Phi) is 4.44. The molecule has 1 heterocycles. The van der Waals surface area contributed by atoms with Crippen molar-refractivity contribution >= 4 is 0 Å². The van der Waals surface area contributed by atoms with Crippen LogP contribution in [0.4, 0.5) is 0 Å². The summed E-state index contributed by atoms with van der Waals surface area (Å²) in [6.45, 7) is 8.68. The van der Waals surface area contributed by atoms with Crippen LogP contribution in [0.1, 0.15) is 51.8 Å². The van der Waals surface area contributed by atoms with Gasteiger partial charge in [0.1, 0.15) is 5.82 Å². The summed E-state index contributed by atoms with van der Waals surface area (Å²) < 4.78 is 2.29. The van der Waals surface area contributed by atoms with Gasteiger partial charge in [0.25, 0.3) is 0 Å². The molecule has 0 bridgehead atoms. The van der Waals surface area contributed by atoms with E-state index in [9.17, 15) is 0 Å². The van der Waals surface area contributed by atoms with Crippen molar-refractivity contribution < 1.29 is 0 Å². The van der Waals surface area contributed by atoms with E-state index >= 15 is 0 Å². The van der Waals surface area contributed by atoms with E-state index in [4.69, 9.17) is 5.73 Å². The first-order valence-electron chi connectivity index (χ1n) is 7.38. The summed E-state index contributed by atoms with van der Waals surface area (Å²) in [6.07, 6.45) is 7.90. The van der Waals surface area contributed by atoms with Gasteiger partial charge in [-0.05, 0) is 50.5 Å². The summed E-state index contributed by atoms with van der Waals surface area (Å²) in [4.78, 5) is 4.61. The number of aromatic nitrogens is 2. The Morgan fingerprint density at radius 1 is 1.44 bits per heavy atom. The minimum Gasteiger partial charge on any atom is -0.335 e. The molecular weight excluding hydrogens is 222 g/mol. The van der Waals surface area contributed by atoms with E-state index in [1.54, 1.807) is 0 Å². The molecule has 1 aromatic rings. The van der Waals surface area contributed by atoms with Crippen LogP contribution in [-0.2, 0) is 6.54 Å². The Balaban J connectivity index is 2.21. The van der Waals surface area contributed by atoms with Crippen LogP contribution in [0.3, 0.4) is 0 Å². The standard InChI is InChI=1S/C15H27N3/c1-4-18-8-7-17-15(18)14-9-12(11(2)3)5-6-13(14)10-16/h7-8,11-14H,4-6,9-10,16H2,1-3H3. The number of nitrogens with two attached hydrogens (primary N) is 1. The Bertz CT molecular complexity index is 370. The van der Waals surface area contributed by atoms with Gasteiger partial charge >= 0.3 is 0 Å². The lowest BCUT2D eigenvalue weighted by molar-refractivity contribution is 0.190. The summed E-state index contributed by atoms with van der Waals surface area (Å²) in [6, 6.07) is 0. The molecule has 0 aliphatic heterocycles. The number of hydrogen-bond donors (Lipinski definition) is 1. The van der Waals surface area contributed by atoms with E-state index < -0.39 is 0 Å². The van der Waals surface area contributed by atoms with E-state index in [-0.39, 0.29) is 0 Å². The first kappa shape index (κ1) is 13.6. The number of imidazole rings is 1. The van der Waals surface area contributed by atoms with Crippen molar-refractivity contribution in [3.8, 4) is 0 Å². The summed E-state index contributed by atoms with van der Waals surface area (Å²) >= 11 is 0. The third-order valence-corrected chi connectivity index (χ3v) is 4.70. The van der Waals surface area contributed by atoms with Crippen LogP contribution in [-0.4, -0.2) is 16.1 Å². The van der Waals surface area contributed by atoms with Crippen molar-refractivity contribution in [1.29, 1.82) is 0 Å². The van der Waals surface area contributed by atoms with Crippen molar-refractivity contribution in [2.75, 3.05) is 6.54 Å². The molecule has 1 fully saturated rings. The van der Waals surface area contributed by atoms with Crippen molar-refractivity contribution in [1.82, 2.24) is 9.55 Å². The molecule has 3 heteroatoms. The van der Waals surface area contributed by atoms with Gasteiger partial charge in [-0.15, -0.1) is 0 Å². The maximum atomic E-state index is 5.98. The Hall–Kier alpha value is -0.830. The second kappa shape index (κ2) is 5.87. The molecule has 1 aliphatic rings. The van der Waals surface area contributed by atoms with Gasteiger partial charge in [0.15, 0.2) is 0 Å². The van der Waals surface area contributed by atoms with Gasteiger partial charge in [0.2, 0.25) is 0 Å². The Labute approximate surface area is 111 Å². The fourth-order valence-corrected chi connectivity index (χ4v) is 3.39. The third kappa shape index (κ3) is 2.61. The highest BCUT2D eigenvalue weighted by molar-refractivity contribution is 5.05. The van der Waals surface area contributed by atoms with Gasteiger partial charge in [-0.1, -0.05) is 13.8 Å². The molecule has 0 spiro atoms. The summed E-state index contributed by atoms with van der Waals surface area (Å²) in [7, 11) is 0. The normalized spacial score (nSPS) is 28.8. The van der Waals surface area contributed by atoms with E-state index in [2.05, 4.69) is 36.5 Å². The number of hydrogen-bond acceptors (Lipinski definition) is 2. The molecule has 18 heavy (non-hydrogen) atoms. The largest absolute Gasteiger partial charge is 0.335 e. The topological polar surface area (TPSA) is 43.8 Å². The Morgan fingerprint density at radius 3 is 2.83 bits per heavy atom. The summed E-state index contributed by atoms with van der Waals surface area (Å²) in [5.41, 5.74) is 5.98. The van der Waals surface area contributed by atoms with Crippen molar-refractivity contribution in [3.63, 3.8) is 0 Å². The van der Waals surface area contributed by atoms with E-state index in [1.165, 1.54) is 25.1 Å². The van der Waals surface area contributed by atoms with Crippen molar-refractivity contribution in [3.05, 3.63) is 18.2 Å². The van der Waals surface area contributed by atoms with Crippen molar-refractivity contribution in [2.24, 2.45) is 23.5 Å². The first-order chi connectivity index (χ1) is 8.67. The maximum absolute atomic E-state index is 5.98. The molecular formula is C15H27N3. The molecule has 2 rings (SSSR count). The molecule has 102 valence electrons. The van der Waals surface area contributed by atoms with Crippen LogP contribution in [0.25, 0.3) is 0 Å². The van der Waals surface area contributed by atoms with Gasteiger partial charge < -0.3 is 10.3 Å². The maximum Gasteiger partial charge on any atom is 0.112 e. The lowest BCUT2D eigenvalue weighted by Crippen LogP contribution is -2.32. The lowest BCUT2D eigenvalue weighted by Gasteiger charge is -2.37. The van der Waals surface area contributed by atoms with Crippen molar-refractivity contribution in [2.45, 2.75) is 52.5 Å². The highest BCUT2D eigenvalue weighted by Crippen LogP contribution is 2.42. The second-order valence-electron chi connectivity index (χ2n) is 5.99. The fraction of sp³-hybridized carbons (Fsp3) is 0.800. The average molecular weight is 249 g/mol. The molecule has 3 atom stereocenters. The fourth-order valence-electron chi connectivity index (χ4n) is 3.39. The molecule has 1 saturated carbocycles. The monoisotopic (exact) mass is 249 g/mol. The van der Waals surface area contributed by atoms with Crippen LogP contribution >= 0.6 is 0 Å².